The third-order valence-corrected chi connectivity index (χ3v) is 4.32. The van der Waals surface area contributed by atoms with Crippen LogP contribution in [0.3, 0.4) is 0 Å². The molecule has 0 radical (unpaired) electrons. The van der Waals surface area contributed by atoms with Gasteiger partial charge in [0.15, 0.2) is 0 Å². The Morgan fingerprint density at radius 2 is 1.89 bits per heavy atom. The van der Waals surface area contributed by atoms with E-state index in [1.165, 1.54) is 37.8 Å². The molecule has 2 heteroatoms. The van der Waals surface area contributed by atoms with Crippen molar-refractivity contribution in [3.8, 4) is 0 Å². The minimum absolute atomic E-state index is 0.729. The zero-order chi connectivity index (χ0) is 12.2. The van der Waals surface area contributed by atoms with Gasteiger partial charge in [-0.3, -0.25) is 0 Å². The smallest absolute Gasteiger partial charge is 0.0468 e. The third-order valence-electron chi connectivity index (χ3n) is 4.32. The van der Waals surface area contributed by atoms with Crippen LogP contribution < -0.4 is 5.32 Å². The van der Waals surface area contributed by atoms with Crippen molar-refractivity contribution in [2.45, 2.75) is 37.6 Å². The molecule has 0 bridgehead atoms. The average molecular weight is 245 g/mol. The van der Waals surface area contributed by atoms with Crippen molar-refractivity contribution in [3.05, 3.63) is 35.9 Å². The number of nitrogens with one attached hydrogen (secondary N) is 1. The summed E-state index contributed by atoms with van der Waals surface area (Å²) in [5.41, 5.74) is 1.50. The Kier molecular flexibility index (Phi) is 3.96. The first-order valence-electron chi connectivity index (χ1n) is 7.29. The summed E-state index contributed by atoms with van der Waals surface area (Å²) in [6.07, 6.45) is 5.15. The van der Waals surface area contributed by atoms with Gasteiger partial charge in [0.2, 0.25) is 0 Å². The molecule has 3 rings (SSSR count). The van der Waals surface area contributed by atoms with Crippen molar-refractivity contribution in [2.24, 2.45) is 5.92 Å². The van der Waals surface area contributed by atoms with Crippen LogP contribution in [0.1, 0.15) is 37.2 Å². The monoisotopic (exact) mass is 245 g/mol. The maximum Gasteiger partial charge on any atom is 0.0468 e. The molecule has 1 aromatic carbocycles. The molecule has 0 amide bonds. The summed E-state index contributed by atoms with van der Waals surface area (Å²) >= 11 is 0. The van der Waals surface area contributed by atoms with Crippen LogP contribution in [0.4, 0.5) is 0 Å². The molecule has 2 aliphatic rings. The Balaban J connectivity index is 1.36. The highest BCUT2D eigenvalue weighted by Gasteiger charge is 2.37. The van der Waals surface area contributed by atoms with Crippen LogP contribution in [0, 0.1) is 5.92 Å². The Bertz CT molecular complexity index is 359. The second kappa shape index (κ2) is 5.85. The second-order valence-corrected chi connectivity index (χ2v) is 5.66. The van der Waals surface area contributed by atoms with E-state index in [9.17, 15) is 0 Å². The Labute approximate surface area is 110 Å². The van der Waals surface area contributed by atoms with Crippen LogP contribution in [-0.4, -0.2) is 25.8 Å². The SMILES string of the molecule is c1ccc(C2CC2NCCC2CCOCC2)cc1. The Morgan fingerprint density at radius 3 is 2.67 bits per heavy atom. The third kappa shape index (κ3) is 3.12. The van der Waals surface area contributed by atoms with Gasteiger partial charge in [-0.05, 0) is 43.7 Å². The number of ether oxygens (including phenoxy) is 1. The maximum absolute atomic E-state index is 5.39. The molecule has 98 valence electrons. The van der Waals surface area contributed by atoms with Gasteiger partial charge in [0.05, 0.1) is 0 Å². The molecule has 2 fully saturated rings. The minimum atomic E-state index is 0.729. The maximum atomic E-state index is 5.39. The largest absolute Gasteiger partial charge is 0.381 e. The van der Waals surface area contributed by atoms with Gasteiger partial charge in [0.25, 0.3) is 0 Å². The second-order valence-electron chi connectivity index (χ2n) is 5.66. The fraction of sp³-hybridized carbons (Fsp3) is 0.625. The van der Waals surface area contributed by atoms with Gasteiger partial charge in [-0.1, -0.05) is 30.3 Å². The van der Waals surface area contributed by atoms with Crippen LogP contribution in [0.5, 0.6) is 0 Å². The summed E-state index contributed by atoms with van der Waals surface area (Å²) in [7, 11) is 0. The topological polar surface area (TPSA) is 21.3 Å². The predicted molar refractivity (Wildman–Crippen MR) is 73.8 cm³/mol. The normalized spacial score (nSPS) is 28.2. The summed E-state index contributed by atoms with van der Waals surface area (Å²) in [6, 6.07) is 11.6. The van der Waals surface area contributed by atoms with Gasteiger partial charge >= 0.3 is 0 Å². The zero-order valence-electron chi connectivity index (χ0n) is 11.0. The van der Waals surface area contributed by atoms with E-state index in [1.54, 1.807) is 0 Å². The molecule has 2 unspecified atom stereocenters. The van der Waals surface area contributed by atoms with Gasteiger partial charge in [-0.15, -0.1) is 0 Å². The lowest BCUT2D eigenvalue weighted by molar-refractivity contribution is 0.0639. The molecular weight excluding hydrogens is 222 g/mol. The molecule has 1 aliphatic carbocycles. The van der Waals surface area contributed by atoms with Crippen molar-refractivity contribution in [1.29, 1.82) is 0 Å². The van der Waals surface area contributed by atoms with Crippen LogP contribution in [0.25, 0.3) is 0 Å². The van der Waals surface area contributed by atoms with Gasteiger partial charge in [0, 0.05) is 25.2 Å². The lowest BCUT2D eigenvalue weighted by atomic mass is 9.97. The van der Waals surface area contributed by atoms with Crippen LogP contribution in [0.15, 0.2) is 30.3 Å². The number of hydrogen-bond donors (Lipinski definition) is 1. The number of rotatable bonds is 5. The molecule has 1 aromatic rings. The lowest BCUT2D eigenvalue weighted by Crippen LogP contribution is -2.24. The first kappa shape index (κ1) is 12.2. The van der Waals surface area contributed by atoms with Crippen LogP contribution in [-0.2, 0) is 4.74 Å². The van der Waals surface area contributed by atoms with E-state index in [0.29, 0.717) is 0 Å². The van der Waals surface area contributed by atoms with Crippen LogP contribution >= 0.6 is 0 Å². The first-order chi connectivity index (χ1) is 8.93. The van der Waals surface area contributed by atoms with Gasteiger partial charge in [-0.25, -0.2) is 0 Å². The predicted octanol–water partition coefficient (Wildman–Crippen LogP) is 2.95. The number of benzene rings is 1. The highest BCUT2D eigenvalue weighted by Crippen LogP contribution is 2.40. The highest BCUT2D eigenvalue weighted by atomic mass is 16.5. The molecule has 2 atom stereocenters. The molecule has 1 heterocycles. The van der Waals surface area contributed by atoms with Crippen molar-refractivity contribution in [2.75, 3.05) is 19.8 Å². The summed E-state index contributed by atoms with van der Waals surface area (Å²) < 4.78 is 5.39. The van der Waals surface area contributed by atoms with E-state index in [4.69, 9.17) is 4.74 Å². The number of hydrogen-bond acceptors (Lipinski definition) is 2. The van der Waals surface area contributed by atoms with Gasteiger partial charge < -0.3 is 10.1 Å². The van der Waals surface area contributed by atoms with E-state index in [-0.39, 0.29) is 0 Å². The summed E-state index contributed by atoms with van der Waals surface area (Å²) in [5, 5.41) is 3.71. The van der Waals surface area contributed by atoms with Crippen molar-refractivity contribution >= 4 is 0 Å². The molecule has 18 heavy (non-hydrogen) atoms. The molecule has 1 saturated heterocycles. The van der Waals surface area contributed by atoms with Gasteiger partial charge in [-0.2, -0.15) is 0 Å². The molecule has 1 saturated carbocycles. The first-order valence-corrected chi connectivity index (χ1v) is 7.29. The summed E-state index contributed by atoms with van der Waals surface area (Å²) in [4.78, 5) is 0. The molecule has 0 spiro atoms. The Hall–Kier alpha value is -0.860. The quantitative estimate of drug-likeness (QED) is 0.861. The zero-order valence-corrected chi connectivity index (χ0v) is 11.0. The van der Waals surface area contributed by atoms with E-state index >= 15 is 0 Å². The fourth-order valence-corrected chi connectivity index (χ4v) is 3.00. The fourth-order valence-electron chi connectivity index (χ4n) is 3.00. The van der Waals surface area contributed by atoms with E-state index in [0.717, 1.165) is 31.1 Å². The minimum Gasteiger partial charge on any atom is -0.381 e. The summed E-state index contributed by atoms with van der Waals surface area (Å²) in [6.45, 7) is 3.13. The van der Waals surface area contributed by atoms with Crippen molar-refractivity contribution in [1.82, 2.24) is 5.32 Å². The summed E-state index contributed by atoms with van der Waals surface area (Å²) in [5.74, 6) is 1.65. The van der Waals surface area contributed by atoms with Gasteiger partial charge in [0.1, 0.15) is 0 Å². The van der Waals surface area contributed by atoms with E-state index in [2.05, 4.69) is 35.6 Å². The standard InChI is InChI=1S/C16H23NO/c1-2-4-14(5-3-1)15-12-16(15)17-9-6-13-7-10-18-11-8-13/h1-5,13,15-17H,6-12H2. The van der Waals surface area contributed by atoms with E-state index in [1.807, 2.05) is 0 Å². The molecule has 0 aromatic heterocycles. The highest BCUT2D eigenvalue weighted by molar-refractivity contribution is 5.27. The molecule has 1 aliphatic heterocycles. The lowest BCUT2D eigenvalue weighted by Gasteiger charge is -2.21. The van der Waals surface area contributed by atoms with Crippen molar-refractivity contribution < 1.29 is 4.74 Å². The molecular formula is C16H23NO. The molecule has 1 N–H and O–H groups in total. The van der Waals surface area contributed by atoms with E-state index < -0.39 is 0 Å². The average Bonchev–Trinajstić information content (AvgIpc) is 3.21. The van der Waals surface area contributed by atoms with Crippen molar-refractivity contribution in [3.63, 3.8) is 0 Å². The molecule has 2 nitrogen and oxygen atoms in total. The van der Waals surface area contributed by atoms with Crippen LogP contribution in [0.2, 0.25) is 0 Å². The Morgan fingerprint density at radius 1 is 1.11 bits per heavy atom.